The Bertz CT molecular complexity index is 1060. The van der Waals surface area contributed by atoms with E-state index >= 15 is 4.39 Å². The molecule has 3 heterocycles. The molecule has 1 aromatic carbocycles. The van der Waals surface area contributed by atoms with Crippen molar-refractivity contribution in [1.82, 2.24) is 14.2 Å². The first-order chi connectivity index (χ1) is 16.2. The van der Waals surface area contributed by atoms with Crippen molar-refractivity contribution in [3.05, 3.63) is 40.9 Å². The molecule has 0 bridgehead atoms. The van der Waals surface area contributed by atoms with Gasteiger partial charge in [-0.05, 0) is 52.9 Å². The van der Waals surface area contributed by atoms with Crippen molar-refractivity contribution < 1.29 is 18.4 Å². The summed E-state index contributed by atoms with van der Waals surface area (Å²) in [6.07, 6.45) is -0.981. The Balaban J connectivity index is 1.60. The Morgan fingerprint density at radius 2 is 1.94 bits per heavy atom. The Kier molecular flexibility index (Phi) is 7.57. The van der Waals surface area contributed by atoms with Gasteiger partial charge in [0.15, 0.2) is 29.7 Å². The highest BCUT2D eigenvalue weighted by Gasteiger charge is 2.48. The van der Waals surface area contributed by atoms with Gasteiger partial charge in [-0.2, -0.15) is 4.98 Å². The quantitative estimate of drug-likeness (QED) is 0.412. The minimum absolute atomic E-state index is 0.261. The fourth-order valence-electron chi connectivity index (χ4n) is 4.74. The molecule has 1 N–H and O–H groups in total. The lowest BCUT2D eigenvalue weighted by molar-refractivity contribution is -0.0288. The zero-order valence-corrected chi connectivity index (χ0v) is 21.5. The van der Waals surface area contributed by atoms with Crippen LogP contribution in [-0.2, 0) is 9.26 Å². The molecule has 0 spiro atoms. The Morgan fingerprint density at radius 3 is 2.62 bits per heavy atom. The molecule has 0 saturated carbocycles. The number of ether oxygens (including phenoxy) is 2. The number of aromatic nitrogens is 2. The smallest absolute Gasteiger partial charge is 0.352 e. The minimum Gasteiger partial charge on any atom is -0.450 e. The summed E-state index contributed by atoms with van der Waals surface area (Å²) in [5, 5.41) is 3.10. The summed E-state index contributed by atoms with van der Waals surface area (Å²) in [7, 11) is -1.05. The number of benzene rings is 1. The first-order valence-corrected chi connectivity index (χ1v) is 13.5. The standard InChI is InChI=1S/C24H34FN4O4P/c1-7-10-18-21(33-34(6)29(14(2)3)15(4)5)20(25)23(32-18)28-13-19-22(27-24(28)30)26-16-11-8-9-12-17(16)31-19/h8-9,11-15,18,20-21,23H,7,10H2,1-6H3,(H,26,27,30). The summed E-state index contributed by atoms with van der Waals surface area (Å²) < 4.78 is 37.7. The lowest BCUT2D eigenvalue weighted by atomic mass is 10.1. The summed E-state index contributed by atoms with van der Waals surface area (Å²) >= 11 is 0. The van der Waals surface area contributed by atoms with E-state index in [1.165, 1.54) is 10.8 Å². The number of nitrogens with zero attached hydrogens (tertiary/aromatic N) is 3. The molecular weight excluding hydrogens is 458 g/mol. The maximum absolute atomic E-state index is 15.9. The van der Waals surface area contributed by atoms with E-state index in [4.69, 9.17) is 14.0 Å². The number of para-hydroxylation sites is 2. The van der Waals surface area contributed by atoms with Gasteiger partial charge in [0.1, 0.15) is 14.4 Å². The highest BCUT2D eigenvalue weighted by molar-refractivity contribution is 7.49. The molecule has 5 unspecified atom stereocenters. The van der Waals surface area contributed by atoms with Crippen LogP contribution in [0.3, 0.4) is 0 Å². The number of hydrogen-bond donors (Lipinski definition) is 1. The van der Waals surface area contributed by atoms with E-state index in [1.807, 2.05) is 37.9 Å². The zero-order chi connectivity index (χ0) is 24.6. The van der Waals surface area contributed by atoms with Crippen molar-refractivity contribution in [2.45, 2.75) is 84.2 Å². The van der Waals surface area contributed by atoms with E-state index in [9.17, 15) is 4.79 Å². The first kappa shape index (κ1) is 25.0. The van der Waals surface area contributed by atoms with Crippen molar-refractivity contribution in [3.8, 4) is 11.5 Å². The predicted octanol–water partition coefficient (Wildman–Crippen LogP) is 5.57. The third-order valence-electron chi connectivity index (χ3n) is 6.05. The highest BCUT2D eigenvalue weighted by atomic mass is 31.2. The average Bonchev–Trinajstić information content (AvgIpc) is 3.06. The van der Waals surface area contributed by atoms with Gasteiger partial charge in [-0.15, -0.1) is 0 Å². The lowest BCUT2D eigenvalue weighted by Crippen LogP contribution is -2.37. The van der Waals surface area contributed by atoms with Gasteiger partial charge in [-0.25, -0.2) is 9.18 Å². The molecule has 1 fully saturated rings. The molecule has 2 aliphatic rings. The fourth-order valence-corrected chi connectivity index (χ4v) is 6.75. The van der Waals surface area contributed by atoms with E-state index in [1.54, 1.807) is 0 Å². The van der Waals surface area contributed by atoms with Gasteiger partial charge in [0.05, 0.1) is 18.0 Å². The molecule has 10 heteroatoms. The SMILES string of the molecule is CCCC1OC(n2cc3c(nc2=O)Nc2ccccc2O3)C(F)C1OP(C)N(C(C)C)C(C)C. The molecule has 2 aliphatic heterocycles. The topological polar surface area (TPSA) is 77.9 Å². The molecule has 2 aromatic rings. The number of halogens is 1. The van der Waals surface area contributed by atoms with E-state index in [0.29, 0.717) is 29.4 Å². The van der Waals surface area contributed by atoms with Crippen molar-refractivity contribution in [3.63, 3.8) is 0 Å². The zero-order valence-electron chi connectivity index (χ0n) is 20.6. The Labute approximate surface area is 201 Å². The van der Waals surface area contributed by atoms with Crippen LogP contribution < -0.4 is 15.7 Å². The number of hydrogen-bond acceptors (Lipinski definition) is 7. The largest absolute Gasteiger partial charge is 0.450 e. The van der Waals surface area contributed by atoms with Crippen molar-refractivity contribution in [1.29, 1.82) is 0 Å². The fraction of sp³-hybridized carbons (Fsp3) is 0.583. The van der Waals surface area contributed by atoms with Crippen LogP contribution in [0.5, 0.6) is 11.5 Å². The van der Waals surface area contributed by atoms with Gasteiger partial charge in [0, 0.05) is 12.1 Å². The van der Waals surface area contributed by atoms with Gasteiger partial charge in [-0.1, -0.05) is 25.5 Å². The van der Waals surface area contributed by atoms with E-state index in [0.717, 1.165) is 6.42 Å². The predicted molar refractivity (Wildman–Crippen MR) is 132 cm³/mol. The molecule has 34 heavy (non-hydrogen) atoms. The van der Waals surface area contributed by atoms with Crippen LogP contribution in [-0.4, -0.2) is 51.3 Å². The van der Waals surface area contributed by atoms with Gasteiger partial charge in [0.2, 0.25) is 0 Å². The Morgan fingerprint density at radius 1 is 1.24 bits per heavy atom. The van der Waals surface area contributed by atoms with Gasteiger partial charge >= 0.3 is 5.69 Å². The maximum Gasteiger partial charge on any atom is 0.352 e. The molecule has 1 aromatic heterocycles. The van der Waals surface area contributed by atoms with E-state index < -0.39 is 38.6 Å². The van der Waals surface area contributed by atoms with Crippen LogP contribution in [0.15, 0.2) is 35.3 Å². The van der Waals surface area contributed by atoms with Crippen molar-refractivity contribution in [2.24, 2.45) is 0 Å². The number of alkyl halides is 1. The Hall–Kier alpha value is -2.06. The summed E-state index contributed by atoms with van der Waals surface area (Å²) in [6, 6.07) is 7.88. The number of nitrogens with one attached hydrogen (secondary N) is 1. The van der Waals surface area contributed by atoms with Crippen molar-refractivity contribution in [2.75, 3.05) is 12.0 Å². The molecule has 5 atom stereocenters. The lowest BCUT2D eigenvalue weighted by Gasteiger charge is -2.37. The number of fused-ring (bicyclic) bond motifs is 2. The molecule has 186 valence electrons. The van der Waals surface area contributed by atoms with Crippen LogP contribution in [0, 0.1) is 0 Å². The molecule has 0 aliphatic carbocycles. The second-order valence-electron chi connectivity index (χ2n) is 9.27. The van der Waals surface area contributed by atoms with Gasteiger partial charge < -0.3 is 19.3 Å². The molecule has 0 amide bonds. The third-order valence-corrected chi connectivity index (χ3v) is 8.17. The number of rotatable bonds is 8. The second kappa shape index (κ2) is 10.3. The van der Waals surface area contributed by atoms with Gasteiger partial charge in [-0.3, -0.25) is 9.24 Å². The summed E-state index contributed by atoms with van der Waals surface area (Å²) in [5.41, 5.74) is 0.107. The maximum atomic E-state index is 15.9. The number of anilines is 2. The van der Waals surface area contributed by atoms with Crippen LogP contribution in [0.4, 0.5) is 15.9 Å². The normalized spacial score (nSPS) is 24.6. The summed E-state index contributed by atoms with van der Waals surface area (Å²) in [4.78, 5) is 17.0. The van der Waals surface area contributed by atoms with Crippen LogP contribution in [0.25, 0.3) is 0 Å². The van der Waals surface area contributed by atoms with Crippen LogP contribution in [0.2, 0.25) is 0 Å². The molecule has 1 saturated heterocycles. The first-order valence-electron chi connectivity index (χ1n) is 11.9. The molecule has 4 rings (SSSR count). The summed E-state index contributed by atoms with van der Waals surface area (Å²) in [5.74, 6) is 1.25. The van der Waals surface area contributed by atoms with Crippen molar-refractivity contribution >= 4 is 19.8 Å². The monoisotopic (exact) mass is 492 g/mol. The molecular formula is C24H34FN4O4P. The minimum atomic E-state index is -1.52. The summed E-state index contributed by atoms with van der Waals surface area (Å²) in [6.45, 7) is 12.5. The highest BCUT2D eigenvalue weighted by Crippen LogP contribution is 2.48. The van der Waals surface area contributed by atoms with E-state index in [-0.39, 0.29) is 12.1 Å². The van der Waals surface area contributed by atoms with E-state index in [2.05, 4.69) is 42.7 Å². The second-order valence-corrected chi connectivity index (χ2v) is 10.9. The van der Waals surface area contributed by atoms with Gasteiger partial charge in [0.25, 0.3) is 0 Å². The van der Waals surface area contributed by atoms with Crippen LogP contribution in [0.1, 0.15) is 53.7 Å². The molecule has 0 radical (unpaired) electrons. The van der Waals surface area contributed by atoms with Crippen LogP contribution >= 0.6 is 8.30 Å². The molecule has 8 nitrogen and oxygen atoms in total. The third kappa shape index (κ3) is 4.85. The average molecular weight is 493 g/mol.